The van der Waals surface area contributed by atoms with Gasteiger partial charge in [0.15, 0.2) is 0 Å². The maximum atomic E-state index is 13.4. The summed E-state index contributed by atoms with van der Waals surface area (Å²) in [5.74, 6) is -1.82. The molecular weight excluding hydrogens is 440 g/mol. The summed E-state index contributed by atoms with van der Waals surface area (Å²) in [5.41, 5.74) is 2.04. The molecule has 0 heterocycles. The average Bonchev–Trinajstić information content (AvgIpc) is 2.80. The number of aliphatic carboxylic acids is 1. The summed E-state index contributed by atoms with van der Waals surface area (Å²) >= 11 is 0. The Balaban J connectivity index is 1.92. The zero-order valence-electron chi connectivity index (χ0n) is 18.5. The van der Waals surface area contributed by atoms with Crippen LogP contribution in [-0.4, -0.2) is 49.3 Å². The molecule has 0 saturated carbocycles. The van der Waals surface area contributed by atoms with Crippen LogP contribution < -0.4 is 4.90 Å². The zero-order chi connectivity index (χ0) is 24.0. The Morgan fingerprint density at radius 1 is 0.879 bits per heavy atom. The Kier molecular flexibility index (Phi) is 7.63. The van der Waals surface area contributed by atoms with E-state index in [4.69, 9.17) is 0 Å². The SMILES string of the molecule is Cc1ccc(S(=O)(=O)N(C)CC(=O)N(c2ccccc2)[C@@H](Cc2ccccc2)C(=O)O)cc1. The highest BCUT2D eigenvalue weighted by molar-refractivity contribution is 7.89. The fourth-order valence-corrected chi connectivity index (χ4v) is 4.57. The summed E-state index contributed by atoms with van der Waals surface area (Å²) in [6, 6.07) is 22.5. The molecule has 3 rings (SSSR count). The van der Waals surface area contributed by atoms with Gasteiger partial charge in [-0.15, -0.1) is 0 Å². The number of sulfonamides is 1. The van der Waals surface area contributed by atoms with E-state index in [0.717, 1.165) is 20.3 Å². The topological polar surface area (TPSA) is 95.0 Å². The van der Waals surface area contributed by atoms with Gasteiger partial charge in [0.2, 0.25) is 15.9 Å². The van der Waals surface area contributed by atoms with Crippen molar-refractivity contribution in [2.24, 2.45) is 0 Å². The van der Waals surface area contributed by atoms with Crippen LogP contribution in [0, 0.1) is 6.92 Å². The van der Waals surface area contributed by atoms with Gasteiger partial charge in [-0.2, -0.15) is 4.31 Å². The maximum absolute atomic E-state index is 13.4. The van der Waals surface area contributed by atoms with Crippen molar-refractivity contribution in [3.05, 3.63) is 96.1 Å². The van der Waals surface area contributed by atoms with E-state index in [1.807, 2.05) is 13.0 Å². The molecule has 1 atom stereocenters. The van der Waals surface area contributed by atoms with Gasteiger partial charge in [-0.25, -0.2) is 13.2 Å². The van der Waals surface area contributed by atoms with Crippen LogP contribution in [0.15, 0.2) is 89.8 Å². The van der Waals surface area contributed by atoms with Crippen LogP contribution in [0.25, 0.3) is 0 Å². The van der Waals surface area contributed by atoms with Gasteiger partial charge >= 0.3 is 5.97 Å². The molecule has 0 unspecified atom stereocenters. The fraction of sp³-hybridized carbons (Fsp3) is 0.200. The molecule has 33 heavy (non-hydrogen) atoms. The first-order chi connectivity index (χ1) is 15.7. The Morgan fingerprint density at radius 3 is 1.97 bits per heavy atom. The van der Waals surface area contributed by atoms with Gasteiger partial charge in [0, 0.05) is 19.2 Å². The largest absolute Gasteiger partial charge is 0.480 e. The lowest BCUT2D eigenvalue weighted by molar-refractivity contribution is -0.140. The average molecular weight is 467 g/mol. The van der Waals surface area contributed by atoms with E-state index in [1.54, 1.807) is 66.7 Å². The van der Waals surface area contributed by atoms with Crippen LogP contribution in [0.1, 0.15) is 11.1 Å². The van der Waals surface area contributed by atoms with Crippen molar-refractivity contribution in [3.63, 3.8) is 0 Å². The monoisotopic (exact) mass is 466 g/mol. The molecule has 0 aliphatic carbocycles. The number of rotatable bonds is 9. The smallest absolute Gasteiger partial charge is 0.327 e. The van der Waals surface area contributed by atoms with E-state index in [9.17, 15) is 23.1 Å². The van der Waals surface area contributed by atoms with E-state index in [2.05, 4.69) is 0 Å². The standard InChI is InChI=1S/C25H26N2O5S/c1-19-13-15-22(16-14-19)33(31,32)26(2)18-24(28)27(21-11-7-4-8-12-21)23(25(29)30)17-20-9-5-3-6-10-20/h3-16,23H,17-18H2,1-2H3,(H,29,30)/t23-/m0/s1. The van der Waals surface area contributed by atoms with Crippen LogP contribution in [-0.2, 0) is 26.0 Å². The molecule has 0 aliphatic rings. The lowest BCUT2D eigenvalue weighted by Gasteiger charge is -2.31. The van der Waals surface area contributed by atoms with E-state index in [0.29, 0.717) is 5.69 Å². The molecule has 0 aliphatic heterocycles. The molecule has 0 spiro atoms. The number of para-hydroxylation sites is 1. The minimum Gasteiger partial charge on any atom is -0.480 e. The first-order valence-corrected chi connectivity index (χ1v) is 11.8. The molecule has 0 bridgehead atoms. The number of carbonyl (C=O) groups excluding carboxylic acids is 1. The van der Waals surface area contributed by atoms with Crippen LogP contribution in [0.3, 0.4) is 0 Å². The predicted molar refractivity (Wildman–Crippen MR) is 126 cm³/mol. The first kappa shape index (κ1) is 24.2. The van der Waals surface area contributed by atoms with Crippen molar-refractivity contribution in [3.8, 4) is 0 Å². The number of carbonyl (C=O) groups is 2. The quantitative estimate of drug-likeness (QED) is 0.522. The molecule has 1 amide bonds. The maximum Gasteiger partial charge on any atom is 0.327 e. The molecule has 0 aromatic heterocycles. The third-order valence-corrected chi connectivity index (χ3v) is 7.08. The van der Waals surface area contributed by atoms with Crippen LogP contribution in [0.2, 0.25) is 0 Å². The molecule has 7 nitrogen and oxygen atoms in total. The van der Waals surface area contributed by atoms with Gasteiger partial charge in [-0.1, -0.05) is 66.2 Å². The number of hydrogen-bond donors (Lipinski definition) is 1. The third kappa shape index (κ3) is 5.85. The van der Waals surface area contributed by atoms with Crippen molar-refractivity contribution < 1.29 is 23.1 Å². The molecule has 3 aromatic rings. The highest BCUT2D eigenvalue weighted by Gasteiger charge is 2.33. The summed E-state index contributed by atoms with van der Waals surface area (Å²) in [5, 5.41) is 9.99. The van der Waals surface area contributed by atoms with E-state index in [1.165, 1.54) is 19.2 Å². The zero-order valence-corrected chi connectivity index (χ0v) is 19.3. The molecule has 1 N–H and O–H groups in total. The van der Waals surface area contributed by atoms with Gasteiger partial charge < -0.3 is 5.11 Å². The number of anilines is 1. The van der Waals surface area contributed by atoms with Crippen molar-refractivity contribution >= 4 is 27.6 Å². The van der Waals surface area contributed by atoms with E-state index >= 15 is 0 Å². The van der Waals surface area contributed by atoms with Crippen LogP contribution >= 0.6 is 0 Å². The van der Waals surface area contributed by atoms with Crippen molar-refractivity contribution in [1.82, 2.24) is 4.31 Å². The molecule has 0 fully saturated rings. The number of aryl methyl sites for hydroxylation is 1. The Morgan fingerprint density at radius 2 is 1.42 bits per heavy atom. The second-order valence-electron chi connectivity index (χ2n) is 7.72. The number of amides is 1. The van der Waals surface area contributed by atoms with Gasteiger partial charge in [0.1, 0.15) is 6.04 Å². The van der Waals surface area contributed by atoms with E-state index in [-0.39, 0.29) is 11.3 Å². The number of carboxylic acid groups (broad SMARTS) is 1. The Labute approximate surface area is 193 Å². The normalized spacial score (nSPS) is 12.3. The summed E-state index contributed by atoms with van der Waals surface area (Å²) < 4.78 is 26.9. The van der Waals surface area contributed by atoms with Crippen LogP contribution in [0.5, 0.6) is 0 Å². The van der Waals surface area contributed by atoms with Gasteiger partial charge in [0.05, 0.1) is 11.4 Å². The molecule has 0 saturated heterocycles. The van der Waals surface area contributed by atoms with Gasteiger partial charge in [-0.3, -0.25) is 9.69 Å². The second-order valence-corrected chi connectivity index (χ2v) is 9.76. The molecular formula is C25H26N2O5S. The Bertz CT molecular complexity index is 1200. The molecule has 0 radical (unpaired) electrons. The minimum absolute atomic E-state index is 0.0636. The number of nitrogens with zero attached hydrogens (tertiary/aromatic N) is 2. The second kappa shape index (κ2) is 10.4. The van der Waals surface area contributed by atoms with E-state index < -0.39 is 34.5 Å². The number of benzene rings is 3. The minimum atomic E-state index is -3.93. The highest BCUT2D eigenvalue weighted by atomic mass is 32.2. The van der Waals surface area contributed by atoms with Crippen molar-refractivity contribution in [2.45, 2.75) is 24.3 Å². The number of carboxylic acids is 1. The number of hydrogen-bond acceptors (Lipinski definition) is 4. The number of likely N-dealkylation sites (N-methyl/N-ethyl adjacent to an activating group) is 1. The first-order valence-electron chi connectivity index (χ1n) is 10.4. The van der Waals surface area contributed by atoms with Gasteiger partial charge in [0.25, 0.3) is 0 Å². The predicted octanol–water partition coefficient (Wildman–Crippen LogP) is 3.34. The molecule has 3 aromatic carbocycles. The highest BCUT2D eigenvalue weighted by Crippen LogP contribution is 2.22. The van der Waals surface area contributed by atoms with Crippen LogP contribution in [0.4, 0.5) is 5.69 Å². The summed E-state index contributed by atoms with van der Waals surface area (Å²) in [4.78, 5) is 26.8. The lowest BCUT2D eigenvalue weighted by atomic mass is 10.0. The van der Waals surface area contributed by atoms with Crippen molar-refractivity contribution in [1.29, 1.82) is 0 Å². The third-order valence-electron chi connectivity index (χ3n) is 5.26. The summed E-state index contributed by atoms with van der Waals surface area (Å²) in [6.07, 6.45) is 0.0746. The summed E-state index contributed by atoms with van der Waals surface area (Å²) in [6.45, 7) is 1.34. The Hall–Kier alpha value is -3.49. The van der Waals surface area contributed by atoms with Gasteiger partial charge in [-0.05, 0) is 36.8 Å². The fourth-order valence-electron chi connectivity index (χ4n) is 3.45. The lowest BCUT2D eigenvalue weighted by Crippen LogP contribution is -2.50. The molecule has 172 valence electrons. The van der Waals surface area contributed by atoms with Crippen molar-refractivity contribution in [2.75, 3.05) is 18.5 Å². The molecule has 8 heteroatoms. The summed E-state index contributed by atoms with van der Waals surface area (Å²) in [7, 11) is -2.62.